The van der Waals surface area contributed by atoms with E-state index in [-0.39, 0.29) is 10.6 Å². The van der Waals surface area contributed by atoms with E-state index in [2.05, 4.69) is 37.9 Å². The summed E-state index contributed by atoms with van der Waals surface area (Å²) in [6.07, 6.45) is 1.53. The fourth-order valence-corrected chi connectivity index (χ4v) is 3.71. The maximum Gasteiger partial charge on any atom is 0.127 e. The average molecular weight is 400 g/mol. The van der Waals surface area contributed by atoms with Crippen LogP contribution in [0, 0.1) is 5.82 Å². The van der Waals surface area contributed by atoms with Crippen LogP contribution in [0.4, 0.5) is 4.39 Å². The predicted molar refractivity (Wildman–Crippen MR) is 85.1 cm³/mol. The van der Waals surface area contributed by atoms with Gasteiger partial charge in [0.25, 0.3) is 0 Å². The van der Waals surface area contributed by atoms with Crippen molar-refractivity contribution in [2.75, 3.05) is 6.61 Å². The van der Waals surface area contributed by atoms with Crippen LogP contribution in [0.3, 0.4) is 0 Å². The highest BCUT2D eigenvalue weighted by Crippen LogP contribution is 2.41. The van der Waals surface area contributed by atoms with E-state index in [0.29, 0.717) is 12.0 Å². The lowest BCUT2D eigenvalue weighted by Crippen LogP contribution is -2.00. The van der Waals surface area contributed by atoms with Crippen LogP contribution >= 0.6 is 31.9 Å². The van der Waals surface area contributed by atoms with Gasteiger partial charge in [0.1, 0.15) is 11.6 Å². The van der Waals surface area contributed by atoms with Crippen LogP contribution in [0.2, 0.25) is 0 Å². The molecule has 0 aliphatic carbocycles. The summed E-state index contributed by atoms with van der Waals surface area (Å²) in [6.45, 7) is 0.720. The third-order valence-electron chi connectivity index (χ3n) is 3.47. The Hall–Kier alpha value is -0.870. The van der Waals surface area contributed by atoms with Gasteiger partial charge in [-0.15, -0.1) is 0 Å². The molecule has 0 saturated heterocycles. The molecule has 0 amide bonds. The number of hydrogen-bond donors (Lipinski definition) is 0. The van der Waals surface area contributed by atoms with E-state index in [4.69, 9.17) is 4.74 Å². The minimum Gasteiger partial charge on any atom is -0.493 e. The summed E-state index contributed by atoms with van der Waals surface area (Å²) < 4.78 is 20.5. The van der Waals surface area contributed by atoms with Crippen molar-refractivity contribution >= 4 is 31.9 Å². The van der Waals surface area contributed by atoms with Gasteiger partial charge in [0, 0.05) is 21.3 Å². The molecule has 1 aliphatic rings. The molecule has 20 heavy (non-hydrogen) atoms. The maximum absolute atomic E-state index is 13.8. The zero-order chi connectivity index (χ0) is 14.1. The number of rotatable bonds is 3. The molecule has 0 radical (unpaired) electrons. The third-order valence-corrected chi connectivity index (χ3v) is 4.75. The molecule has 104 valence electrons. The monoisotopic (exact) mass is 398 g/mol. The molecular weight excluding hydrogens is 387 g/mol. The fraction of sp³-hybridized carbons (Fsp3) is 0.250. The van der Waals surface area contributed by atoms with E-state index in [9.17, 15) is 4.39 Å². The molecule has 0 bridgehead atoms. The van der Waals surface area contributed by atoms with Gasteiger partial charge in [0.2, 0.25) is 0 Å². The van der Waals surface area contributed by atoms with Gasteiger partial charge in [-0.25, -0.2) is 4.39 Å². The Labute approximate surface area is 134 Å². The second-order valence-corrected chi connectivity index (χ2v) is 6.87. The van der Waals surface area contributed by atoms with Crippen LogP contribution in [0.1, 0.15) is 21.5 Å². The zero-order valence-corrected chi connectivity index (χ0v) is 13.9. The highest BCUT2D eigenvalue weighted by atomic mass is 79.9. The maximum atomic E-state index is 13.8. The third kappa shape index (κ3) is 2.77. The topological polar surface area (TPSA) is 9.23 Å². The van der Waals surface area contributed by atoms with Gasteiger partial charge in [0.05, 0.1) is 6.61 Å². The molecule has 0 fully saturated rings. The van der Waals surface area contributed by atoms with E-state index < -0.39 is 0 Å². The van der Waals surface area contributed by atoms with Crippen molar-refractivity contribution < 1.29 is 9.13 Å². The predicted octanol–water partition coefficient (Wildman–Crippen LogP) is 5.20. The highest BCUT2D eigenvalue weighted by molar-refractivity contribution is 9.10. The van der Waals surface area contributed by atoms with Gasteiger partial charge < -0.3 is 4.74 Å². The van der Waals surface area contributed by atoms with Gasteiger partial charge >= 0.3 is 0 Å². The Bertz CT molecular complexity index is 642. The summed E-state index contributed by atoms with van der Waals surface area (Å²) in [4.78, 5) is 0.0313. The summed E-state index contributed by atoms with van der Waals surface area (Å²) in [7, 11) is 0. The van der Waals surface area contributed by atoms with Crippen molar-refractivity contribution in [1.82, 2.24) is 0 Å². The van der Waals surface area contributed by atoms with Crippen LogP contribution in [0.5, 0.6) is 5.75 Å². The zero-order valence-electron chi connectivity index (χ0n) is 10.7. The van der Waals surface area contributed by atoms with Crippen molar-refractivity contribution in [3.63, 3.8) is 0 Å². The molecular formula is C16H13Br2FO. The number of ether oxygens (including phenoxy) is 1. The average Bonchev–Trinajstić information content (AvgIpc) is 2.88. The minimum absolute atomic E-state index is 0.0313. The fourth-order valence-electron chi connectivity index (χ4n) is 2.50. The van der Waals surface area contributed by atoms with Crippen LogP contribution in [-0.2, 0) is 12.8 Å². The van der Waals surface area contributed by atoms with E-state index in [1.807, 2.05) is 18.2 Å². The van der Waals surface area contributed by atoms with Gasteiger partial charge in [-0.2, -0.15) is 0 Å². The summed E-state index contributed by atoms with van der Waals surface area (Å²) in [5, 5.41) is 0. The lowest BCUT2D eigenvalue weighted by atomic mass is 10.0. The summed E-state index contributed by atoms with van der Waals surface area (Å²) in [5.74, 6) is 0.788. The van der Waals surface area contributed by atoms with E-state index in [1.165, 1.54) is 11.6 Å². The summed E-state index contributed by atoms with van der Waals surface area (Å²) >= 11 is 7.21. The summed E-state index contributed by atoms with van der Waals surface area (Å²) in [5.41, 5.74) is 3.00. The van der Waals surface area contributed by atoms with E-state index >= 15 is 0 Å². The number of hydrogen-bond acceptors (Lipinski definition) is 1. The van der Waals surface area contributed by atoms with E-state index in [0.717, 1.165) is 28.8 Å². The number of alkyl halides is 1. The first-order valence-corrected chi connectivity index (χ1v) is 8.18. The Balaban J connectivity index is 1.92. The van der Waals surface area contributed by atoms with Crippen molar-refractivity contribution in [1.29, 1.82) is 0 Å². The van der Waals surface area contributed by atoms with Gasteiger partial charge in [-0.3, -0.25) is 0 Å². The molecule has 2 aromatic rings. The second kappa shape index (κ2) is 5.86. The molecule has 0 N–H and O–H groups in total. The first-order valence-electron chi connectivity index (χ1n) is 6.48. The molecule has 1 atom stereocenters. The SMILES string of the molecule is Fc1ccccc1CC(Br)c1cc(Br)cc2c1OCC2. The molecule has 0 saturated carbocycles. The molecule has 1 nitrogen and oxygen atoms in total. The van der Waals surface area contributed by atoms with Gasteiger partial charge in [-0.05, 0) is 35.7 Å². The van der Waals surface area contributed by atoms with Crippen LogP contribution < -0.4 is 4.74 Å². The molecule has 0 spiro atoms. The Morgan fingerprint density at radius 2 is 2.05 bits per heavy atom. The number of halogens is 3. The minimum atomic E-state index is -0.162. The first-order chi connectivity index (χ1) is 9.65. The molecule has 2 aromatic carbocycles. The molecule has 1 unspecified atom stereocenters. The largest absolute Gasteiger partial charge is 0.493 e. The van der Waals surface area contributed by atoms with Crippen LogP contribution in [0.15, 0.2) is 40.9 Å². The highest BCUT2D eigenvalue weighted by Gasteiger charge is 2.22. The molecule has 1 heterocycles. The van der Waals surface area contributed by atoms with Crippen LogP contribution in [-0.4, -0.2) is 6.61 Å². The standard InChI is InChI=1S/C16H13Br2FO/c17-12-7-11-5-6-20-16(11)13(9-12)14(18)8-10-3-1-2-4-15(10)19/h1-4,7,9,14H,5-6,8H2. The van der Waals surface area contributed by atoms with Crippen molar-refractivity contribution in [3.8, 4) is 5.75 Å². The van der Waals surface area contributed by atoms with Crippen molar-refractivity contribution in [3.05, 3.63) is 63.4 Å². The van der Waals surface area contributed by atoms with Gasteiger partial charge in [0.15, 0.2) is 0 Å². The Morgan fingerprint density at radius 1 is 1.25 bits per heavy atom. The molecule has 1 aliphatic heterocycles. The van der Waals surface area contributed by atoms with Crippen molar-refractivity contribution in [2.24, 2.45) is 0 Å². The number of fused-ring (bicyclic) bond motifs is 1. The molecule has 4 heteroatoms. The number of benzene rings is 2. The second-order valence-electron chi connectivity index (χ2n) is 4.84. The first kappa shape index (κ1) is 14.1. The summed E-state index contributed by atoms with van der Waals surface area (Å²) in [6, 6.07) is 11.0. The lowest BCUT2D eigenvalue weighted by molar-refractivity contribution is 0.353. The Kier molecular flexibility index (Phi) is 4.13. The lowest BCUT2D eigenvalue weighted by Gasteiger charge is -2.15. The Morgan fingerprint density at radius 3 is 2.85 bits per heavy atom. The van der Waals surface area contributed by atoms with Crippen molar-refractivity contribution in [2.45, 2.75) is 17.7 Å². The smallest absolute Gasteiger partial charge is 0.127 e. The molecule has 3 rings (SSSR count). The quantitative estimate of drug-likeness (QED) is 0.644. The van der Waals surface area contributed by atoms with Crippen LogP contribution in [0.25, 0.3) is 0 Å². The van der Waals surface area contributed by atoms with E-state index in [1.54, 1.807) is 6.07 Å². The molecule has 0 aromatic heterocycles. The normalized spacial score (nSPS) is 14.8. The van der Waals surface area contributed by atoms with Gasteiger partial charge in [-0.1, -0.05) is 50.1 Å².